The number of hydrogen-bond donors (Lipinski definition) is 1. The molecule has 0 bridgehead atoms. The first-order valence-electron chi connectivity index (χ1n) is 7.08. The number of nitrogens with zero attached hydrogens (tertiary/aromatic N) is 1. The maximum atomic E-state index is 13.8. The van der Waals surface area contributed by atoms with Crippen molar-refractivity contribution in [2.45, 2.75) is 31.0 Å². The maximum absolute atomic E-state index is 13.8. The Hall–Kier alpha value is -2.32. The topological polar surface area (TPSA) is 49.8 Å². The summed E-state index contributed by atoms with van der Waals surface area (Å²) in [5.41, 5.74) is -0.257. The average molecular weight is 349 g/mol. The van der Waals surface area contributed by atoms with Crippen LogP contribution in [0, 0.1) is 0 Å². The number of rotatable bonds is 2. The van der Waals surface area contributed by atoms with Gasteiger partial charge in [0.05, 0.1) is 5.70 Å². The molecule has 2 aliphatic heterocycles. The summed E-state index contributed by atoms with van der Waals surface area (Å²) < 4.78 is 70.4. The van der Waals surface area contributed by atoms with Gasteiger partial charge in [0.25, 0.3) is 0 Å². The fourth-order valence-electron chi connectivity index (χ4n) is 2.77. The zero-order valence-corrected chi connectivity index (χ0v) is 12.1. The smallest absolute Gasteiger partial charge is 0.457 e. The van der Waals surface area contributed by atoms with E-state index in [1.807, 2.05) is 0 Å². The molecule has 4 nitrogen and oxygen atoms in total. The Balaban J connectivity index is 2.17. The van der Waals surface area contributed by atoms with Crippen molar-refractivity contribution in [2.24, 2.45) is 0 Å². The van der Waals surface area contributed by atoms with Crippen molar-refractivity contribution < 1.29 is 36.6 Å². The highest BCUT2D eigenvalue weighted by Crippen LogP contribution is 2.47. The number of aliphatic hydroxyl groups is 1. The number of para-hydroxylation sites is 1. The second-order valence-electron chi connectivity index (χ2n) is 5.50. The molecule has 0 aliphatic carbocycles. The molecule has 3 rings (SSSR count). The molecule has 1 fully saturated rings. The first-order valence-corrected chi connectivity index (χ1v) is 7.08. The number of halogens is 5. The highest BCUT2D eigenvalue weighted by atomic mass is 19.4. The third-order valence-corrected chi connectivity index (χ3v) is 3.93. The maximum Gasteiger partial charge on any atom is 0.457 e. The number of amides is 1. The van der Waals surface area contributed by atoms with Gasteiger partial charge in [0.15, 0.2) is 5.76 Å². The molecule has 0 saturated carbocycles. The van der Waals surface area contributed by atoms with Gasteiger partial charge in [-0.1, -0.05) is 12.1 Å². The molecule has 1 unspecified atom stereocenters. The minimum Gasteiger partial charge on any atom is -0.506 e. The van der Waals surface area contributed by atoms with Crippen LogP contribution in [0.5, 0.6) is 5.75 Å². The van der Waals surface area contributed by atoms with Gasteiger partial charge in [-0.25, -0.2) is 0 Å². The molecule has 1 aromatic rings. The van der Waals surface area contributed by atoms with E-state index in [9.17, 15) is 31.9 Å². The predicted molar refractivity (Wildman–Crippen MR) is 72.4 cm³/mol. The molecule has 1 N–H and O–H groups in total. The van der Waals surface area contributed by atoms with Crippen LogP contribution in [-0.2, 0) is 4.79 Å². The molecule has 1 aromatic carbocycles. The van der Waals surface area contributed by atoms with E-state index in [1.54, 1.807) is 0 Å². The third kappa shape index (κ3) is 2.38. The van der Waals surface area contributed by atoms with E-state index in [0.717, 1.165) is 4.90 Å². The first-order chi connectivity index (χ1) is 11.1. The summed E-state index contributed by atoms with van der Waals surface area (Å²) in [5, 5.41) is 10.1. The fourth-order valence-corrected chi connectivity index (χ4v) is 2.77. The number of ether oxygens (including phenoxy) is 1. The van der Waals surface area contributed by atoms with E-state index < -0.39 is 29.9 Å². The van der Waals surface area contributed by atoms with Gasteiger partial charge in [0, 0.05) is 18.5 Å². The van der Waals surface area contributed by atoms with E-state index in [0.29, 0.717) is 6.42 Å². The number of hydrogen-bond acceptors (Lipinski definition) is 3. The molecule has 1 saturated heterocycles. The Morgan fingerprint density at radius 2 is 1.83 bits per heavy atom. The van der Waals surface area contributed by atoms with Crippen LogP contribution >= 0.6 is 0 Å². The minimum atomic E-state index is -5.92. The van der Waals surface area contributed by atoms with Gasteiger partial charge in [-0.15, -0.1) is 0 Å². The van der Waals surface area contributed by atoms with Crippen molar-refractivity contribution in [1.82, 2.24) is 4.90 Å². The normalized spacial score (nSPS) is 21.8. The number of carbonyl (C=O) groups is 1. The van der Waals surface area contributed by atoms with Crippen LogP contribution < -0.4 is 4.74 Å². The lowest BCUT2D eigenvalue weighted by Crippen LogP contribution is -2.52. The summed E-state index contributed by atoms with van der Waals surface area (Å²) in [4.78, 5) is 12.9. The molecular weight excluding hydrogens is 337 g/mol. The van der Waals surface area contributed by atoms with E-state index in [2.05, 4.69) is 0 Å². The van der Waals surface area contributed by atoms with Crippen molar-refractivity contribution >= 4 is 11.6 Å². The monoisotopic (exact) mass is 349 g/mol. The molecule has 1 atom stereocenters. The lowest BCUT2D eigenvalue weighted by molar-refractivity contribution is -0.306. The van der Waals surface area contributed by atoms with Crippen LogP contribution in [0.2, 0.25) is 0 Å². The summed E-state index contributed by atoms with van der Waals surface area (Å²) >= 11 is 0. The molecule has 0 radical (unpaired) electrons. The summed E-state index contributed by atoms with van der Waals surface area (Å²) in [6, 6.07) is 5.49. The van der Waals surface area contributed by atoms with E-state index in [1.165, 1.54) is 24.3 Å². The van der Waals surface area contributed by atoms with Crippen molar-refractivity contribution in [2.75, 3.05) is 6.54 Å². The molecule has 9 heteroatoms. The number of carbonyl (C=O) groups excluding carboxylic acids is 1. The number of fused-ring (bicyclic) bond motifs is 1. The zero-order valence-electron chi connectivity index (χ0n) is 12.1. The van der Waals surface area contributed by atoms with Crippen LogP contribution in [0.1, 0.15) is 18.4 Å². The Morgan fingerprint density at radius 1 is 1.17 bits per heavy atom. The fraction of sp³-hybridized carbons (Fsp3) is 0.400. The standard InChI is InChI=1S/C15H12F5NO3/c16-14(17,15(18,19)20)13-12(23)11(21-7-3-6-10(21)22)8-4-1-2-5-9(8)24-13/h1-2,4-5,13,23H,3,6-7H2. The molecule has 1 amide bonds. The molecule has 2 heterocycles. The summed E-state index contributed by atoms with van der Waals surface area (Å²) in [6.45, 7) is 0.122. The van der Waals surface area contributed by atoms with Gasteiger partial charge in [-0.2, -0.15) is 22.0 Å². The Kier molecular flexibility index (Phi) is 3.69. The Bertz CT molecular complexity index is 713. The highest BCUT2D eigenvalue weighted by molar-refractivity contribution is 5.90. The van der Waals surface area contributed by atoms with Gasteiger partial charge >= 0.3 is 12.1 Å². The molecule has 24 heavy (non-hydrogen) atoms. The van der Waals surface area contributed by atoms with Crippen molar-refractivity contribution in [3.8, 4) is 5.75 Å². The Labute approximate surface area is 133 Å². The van der Waals surface area contributed by atoms with Gasteiger partial charge < -0.3 is 14.7 Å². The van der Waals surface area contributed by atoms with E-state index in [-0.39, 0.29) is 30.0 Å². The van der Waals surface area contributed by atoms with Crippen molar-refractivity contribution in [3.63, 3.8) is 0 Å². The largest absolute Gasteiger partial charge is 0.506 e. The molecule has 130 valence electrons. The van der Waals surface area contributed by atoms with Gasteiger partial charge in [0.2, 0.25) is 12.0 Å². The number of benzene rings is 1. The van der Waals surface area contributed by atoms with Gasteiger partial charge in [-0.05, 0) is 18.6 Å². The van der Waals surface area contributed by atoms with Gasteiger partial charge in [0.1, 0.15) is 5.75 Å². The minimum absolute atomic E-state index is 0.0967. The summed E-state index contributed by atoms with van der Waals surface area (Å²) in [6.07, 6.45) is -8.33. The summed E-state index contributed by atoms with van der Waals surface area (Å²) in [7, 11) is 0. The SMILES string of the molecule is O=C1CCCN1C1=C(O)C(C(F)(F)C(F)(F)F)Oc2ccccc21. The second-order valence-corrected chi connectivity index (χ2v) is 5.50. The van der Waals surface area contributed by atoms with Crippen LogP contribution in [0.15, 0.2) is 30.0 Å². The third-order valence-electron chi connectivity index (χ3n) is 3.93. The lowest BCUT2D eigenvalue weighted by atomic mass is 9.99. The van der Waals surface area contributed by atoms with Gasteiger partial charge in [-0.3, -0.25) is 4.79 Å². The Morgan fingerprint density at radius 3 is 2.42 bits per heavy atom. The quantitative estimate of drug-likeness (QED) is 0.832. The first kappa shape index (κ1) is 16.5. The lowest BCUT2D eigenvalue weighted by Gasteiger charge is -2.35. The van der Waals surface area contributed by atoms with Crippen LogP contribution in [0.25, 0.3) is 5.70 Å². The van der Waals surface area contributed by atoms with Crippen molar-refractivity contribution in [3.05, 3.63) is 35.6 Å². The predicted octanol–water partition coefficient (Wildman–Crippen LogP) is 3.49. The molecule has 0 aromatic heterocycles. The van der Waals surface area contributed by atoms with E-state index in [4.69, 9.17) is 4.74 Å². The molecular formula is C15H12F5NO3. The average Bonchev–Trinajstić information content (AvgIpc) is 2.91. The number of alkyl halides is 5. The van der Waals surface area contributed by atoms with Crippen LogP contribution in [-0.4, -0.2) is 40.7 Å². The summed E-state index contributed by atoms with van der Waals surface area (Å²) in [5.74, 6) is -7.33. The number of likely N-dealkylation sites (tertiary alicyclic amines) is 1. The van der Waals surface area contributed by atoms with Crippen molar-refractivity contribution in [1.29, 1.82) is 0 Å². The second kappa shape index (κ2) is 5.35. The highest BCUT2D eigenvalue weighted by Gasteiger charge is 2.66. The zero-order chi connectivity index (χ0) is 17.7. The van der Waals surface area contributed by atoms with Crippen LogP contribution in [0.3, 0.4) is 0 Å². The molecule has 2 aliphatic rings. The van der Waals surface area contributed by atoms with E-state index >= 15 is 0 Å². The number of aliphatic hydroxyl groups excluding tert-OH is 1. The van der Waals surface area contributed by atoms with Crippen LogP contribution in [0.4, 0.5) is 22.0 Å². The molecule has 0 spiro atoms.